The van der Waals surface area contributed by atoms with E-state index in [2.05, 4.69) is 37.2 Å². The summed E-state index contributed by atoms with van der Waals surface area (Å²) in [5.41, 5.74) is 7.33. The third kappa shape index (κ3) is 3.56. The van der Waals surface area contributed by atoms with E-state index in [-0.39, 0.29) is 17.7 Å². The highest BCUT2D eigenvalue weighted by Gasteiger charge is 2.14. The quantitative estimate of drug-likeness (QED) is 0.779. The number of anilines is 1. The van der Waals surface area contributed by atoms with Crippen molar-refractivity contribution in [1.29, 1.82) is 0 Å². The zero-order valence-electron chi connectivity index (χ0n) is 10.3. The summed E-state index contributed by atoms with van der Waals surface area (Å²) < 4.78 is 27.3. The first-order chi connectivity index (χ1) is 9.51. The fourth-order valence-corrected chi connectivity index (χ4v) is 2.84. The van der Waals surface area contributed by atoms with Gasteiger partial charge in [-0.3, -0.25) is 0 Å². The lowest BCUT2D eigenvalue weighted by Gasteiger charge is -2.20. The first kappa shape index (κ1) is 15.4. The van der Waals surface area contributed by atoms with Crippen molar-refractivity contribution in [1.82, 2.24) is 0 Å². The van der Waals surface area contributed by atoms with Crippen LogP contribution < -0.4 is 11.1 Å². The van der Waals surface area contributed by atoms with Crippen LogP contribution in [0.15, 0.2) is 45.3 Å². The van der Waals surface area contributed by atoms with Gasteiger partial charge in [0.25, 0.3) is 0 Å². The van der Waals surface area contributed by atoms with Crippen molar-refractivity contribution in [2.45, 2.75) is 6.04 Å². The van der Waals surface area contributed by atoms with Gasteiger partial charge in [-0.1, -0.05) is 22.0 Å². The van der Waals surface area contributed by atoms with Crippen LogP contribution in [0.2, 0.25) is 0 Å². The zero-order chi connectivity index (χ0) is 14.7. The Hall–Kier alpha value is -0.980. The van der Waals surface area contributed by atoms with Crippen LogP contribution in [-0.4, -0.2) is 6.54 Å². The molecule has 6 heteroatoms. The van der Waals surface area contributed by atoms with Gasteiger partial charge in [0.2, 0.25) is 0 Å². The molecule has 2 rings (SSSR count). The fraction of sp³-hybridized carbons (Fsp3) is 0.143. The molecule has 3 N–H and O–H groups in total. The smallest absolute Gasteiger partial charge is 0.137 e. The Kier molecular flexibility index (Phi) is 5.12. The summed E-state index contributed by atoms with van der Waals surface area (Å²) in [4.78, 5) is 0. The van der Waals surface area contributed by atoms with Crippen LogP contribution in [0, 0.1) is 11.6 Å². The van der Waals surface area contributed by atoms with Crippen LogP contribution in [0.5, 0.6) is 0 Å². The van der Waals surface area contributed by atoms with Crippen LogP contribution in [0.1, 0.15) is 11.6 Å². The Bertz CT molecular complexity index is 620. The molecular weight excluding hydrogens is 394 g/mol. The molecule has 106 valence electrons. The first-order valence-corrected chi connectivity index (χ1v) is 7.46. The molecule has 0 fully saturated rings. The van der Waals surface area contributed by atoms with E-state index in [1.165, 1.54) is 18.2 Å². The number of benzene rings is 2. The van der Waals surface area contributed by atoms with Crippen molar-refractivity contribution < 1.29 is 8.78 Å². The molecule has 1 unspecified atom stereocenters. The normalized spacial score (nSPS) is 12.2. The third-order valence-electron chi connectivity index (χ3n) is 2.83. The number of nitrogens with one attached hydrogen (secondary N) is 1. The maximum absolute atomic E-state index is 13.2. The van der Waals surface area contributed by atoms with E-state index in [1.54, 1.807) is 18.2 Å². The van der Waals surface area contributed by atoms with Crippen molar-refractivity contribution in [2.24, 2.45) is 5.73 Å². The van der Waals surface area contributed by atoms with Crippen molar-refractivity contribution in [2.75, 3.05) is 11.9 Å². The number of hydrogen-bond donors (Lipinski definition) is 2. The summed E-state index contributed by atoms with van der Waals surface area (Å²) in [6.07, 6.45) is 0. The summed E-state index contributed by atoms with van der Waals surface area (Å²) in [6, 6.07) is 8.85. The second kappa shape index (κ2) is 6.65. The predicted molar refractivity (Wildman–Crippen MR) is 83.6 cm³/mol. The minimum absolute atomic E-state index is 0.206. The van der Waals surface area contributed by atoms with Gasteiger partial charge in [0.1, 0.15) is 11.6 Å². The Balaban J connectivity index is 2.26. The van der Waals surface area contributed by atoms with Crippen molar-refractivity contribution in [3.05, 3.63) is 62.5 Å². The Morgan fingerprint density at radius 1 is 1.05 bits per heavy atom. The van der Waals surface area contributed by atoms with E-state index < -0.39 is 0 Å². The molecule has 0 aliphatic rings. The van der Waals surface area contributed by atoms with Crippen LogP contribution in [-0.2, 0) is 0 Å². The number of nitrogens with two attached hydrogens (primary N) is 1. The summed E-state index contributed by atoms with van der Waals surface area (Å²) >= 11 is 6.46. The van der Waals surface area contributed by atoms with Gasteiger partial charge in [-0.25, -0.2) is 8.78 Å². The lowest BCUT2D eigenvalue weighted by molar-refractivity contribution is 0.620. The molecule has 0 spiro atoms. The second-order valence-electron chi connectivity index (χ2n) is 4.23. The summed E-state index contributed by atoms with van der Waals surface area (Å²) in [6.45, 7) is 0.319. The minimum atomic E-state index is -0.331. The van der Waals surface area contributed by atoms with Crippen molar-refractivity contribution >= 4 is 37.5 Å². The lowest BCUT2D eigenvalue weighted by Crippen LogP contribution is -2.21. The minimum Gasteiger partial charge on any atom is -0.377 e. The molecule has 20 heavy (non-hydrogen) atoms. The molecule has 0 bridgehead atoms. The number of halogens is 4. The van der Waals surface area contributed by atoms with Crippen LogP contribution in [0.4, 0.5) is 14.5 Å². The first-order valence-electron chi connectivity index (χ1n) is 5.88. The molecule has 0 heterocycles. The van der Waals surface area contributed by atoms with Gasteiger partial charge in [-0.2, -0.15) is 0 Å². The van der Waals surface area contributed by atoms with Gasteiger partial charge in [0.05, 0.1) is 10.5 Å². The maximum atomic E-state index is 13.2. The average molecular weight is 406 g/mol. The SMILES string of the molecule is NCC(Nc1ccc(F)c(Br)c1)c1ccc(F)cc1Br. The van der Waals surface area contributed by atoms with Gasteiger partial charge in [0.15, 0.2) is 0 Å². The largest absolute Gasteiger partial charge is 0.377 e. The van der Waals surface area contributed by atoms with Crippen molar-refractivity contribution in [3.63, 3.8) is 0 Å². The predicted octanol–water partition coefficient (Wildman–Crippen LogP) is 4.60. The highest BCUT2D eigenvalue weighted by Crippen LogP contribution is 2.28. The van der Waals surface area contributed by atoms with Gasteiger partial charge in [-0.05, 0) is 51.8 Å². The lowest BCUT2D eigenvalue weighted by atomic mass is 10.1. The third-order valence-corrected chi connectivity index (χ3v) is 4.13. The van der Waals surface area contributed by atoms with Crippen LogP contribution in [0.25, 0.3) is 0 Å². The van der Waals surface area contributed by atoms with E-state index >= 15 is 0 Å². The average Bonchev–Trinajstić information content (AvgIpc) is 2.41. The molecule has 0 radical (unpaired) electrons. The number of hydrogen-bond acceptors (Lipinski definition) is 2. The molecule has 0 saturated carbocycles. The van der Waals surface area contributed by atoms with Crippen LogP contribution in [0.3, 0.4) is 0 Å². The molecule has 2 aromatic rings. The Labute approximate surface area is 132 Å². The zero-order valence-corrected chi connectivity index (χ0v) is 13.5. The van der Waals surface area contributed by atoms with Gasteiger partial charge in [-0.15, -0.1) is 0 Å². The molecule has 0 aliphatic heterocycles. The van der Waals surface area contributed by atoms with E-state index in [0.717, 1.165) is 11.3 Å². The molecule has 0 aliphatic carbocycles. The Morgan fingerprint density at radius 2 is 1.80 bits per heavy atom. The molecule has 1 atom stereocenters. The summed E-state index contributed by atoms with van der Waals surface area (Å²) in [5, 5.41) is 3.20. The summed E-state index contributed by atoms with van der Waals surface area (Å²) in [7, 11) is 0. The maximum Gasteiger partial charge on any atom is 0.137 e. The molecule has 0 saturated heterocycles. The Morgan fingerprint density at radius 3 is 2.40 bits per heavy atom. The molecular formula is C14H12Br2F2N2. The number of rotatable bonds is 4. The molecule has 2 nitrogen and oxygen atoms in total. The highest BCUT2D eigenvalue weighted by molar-refractivity contribution is 9.10. The molecule has 2 aromatic carbocycles. The van der Waals surface area contributed by atoms with E-state index in [9.17, 15) is 8.78 Å². The summed E-state index contributed by atoms with van der Waals surface area (Å²) in [5.74, 6) is -0.649. The molecule has 0 amide bonds. The van der Waals surface area contributed by atoms with Crippen molar-refractivity contribution in [3.8, 4) is 0 Å². The fourth-order valence-electron chi connectivity index (χ4n) is 1.83. The van der Waals surface area contributed by atoms with Gasteiger partial charge < -0.3 is 11.1 Å². The monoisotopic (exact) mass is 404 g/mol. The second-order valence-corrected chi connectivity index (χ2v) is 5.94. The van der Waals surface area contributed by atoms with Gasteiger partial charge >= 0.3 is 0 Å². The topological polar surface area (TPSA) is 38.0 Å². The molecule has 0 aromatic heterocycles. The highest BCUT2D eigenvalue weighted by atomic mass is 79.9. The van der Waals surface area contributed by atoms with Crippen LogP contribution >= 0.6 is 31.9 Å². The van der Waals surface area contributed by atoms with E-state index in [1.807, 2.05) is 0 Å². The van der Waals surface area contributed by atoms with Gasteiger partial charge in [0, 0.05) is 16.7 Å². The standard InChI is InChI=1S/C14H12Br2F2N2/c15-11-5-8(17)1-3-10(11)14(7-19)20-9-2-4-13(18)12(16)6-9/h1-6,14,20H,7,19H2. The van der Waals surface area contributed by atoms with E-state index in [0.29, 0.717) is 15.5 Å². The van der Waals surface area contributed by atoms with E-state index in [4.69, 9.17) is 5.73 Å².